The lowest BCUT2D eigenvalue weighted by Crippen LogP contribution is -2.42. The van der Waals surface area contributed by atoms with Crippen molar-refractivity contribution in [2.24, 2.45) is 0 Å². The number of alkyl halides is 3. The number of halogens is 3. The van der Waals surface area contributed by atoms with Crippen molar-refractivity contribution in [3.05, 3.63) is 57.3 Å². The Morgan fingerprint density at radius 1 is 1.27 bits per heavy atom. The normalized spacial score (nSPS) is 20.0. The van der Waals surface area contributed by atoms with Crippen molar-refractivity contribution in [3.8, 4) is 0 Å². The van der Waals surface area contributed by atoms with Gasteiger partial charge in [0.25, 0.3) is 0 Å². The van der Waals surface area contributed by atoms with E-state index < -0.39 is 29.4 Å². The molecule has 1 aliphatic heterocycles. The van der Waals surface area contributed by atoms with Gasteiger partial charge in [0.2, 0.25) is 0 Å². The molecule has 1 atom stereocenters. The van der Waals surface area contributed by atoms with Crippen LogP contribution >= 0.6 is 11.3 Å². The number of nitrogens with zero attached hydrogens (tertiary/aromatic N) is 1. The van der Waals surface area contributed by atoms with Crippen molar-refractivity contribution < 1.29 is 22.7 Å². The summed E-state index contributed by atoms with van der Waals surface area (Å²) in [5.41, 5.74) is 0.261. The van der Waals surface area contributed by atoms with Crippen LogP contribution in [-0.2, 0) is 28.7 Å². The molecule has 7 heteroatoms. The second-order valence-corrected chi connectivity index (χ2v) is 9.28. The van der Waals surface area contributed by atoms with Crippen LogP contribution < -0.4 is 0 Å². The third kappa shape index (κ3) is 4.28. The Bertz CT molecular complexity index is 902. The molecule has 0 amide bonds. The molecule has 4 rings (SSSR count). The molecular formula is C23H26F3NO2S. The number of thiophene rings is 1. The highest BCUT2D eigenvalue weighted by Crippen LogP contribution is 2.40. The number of rotatable bonds is 5. The largest absolute Gasteiger partial charge is 0.458 e. The monoisotopic (exact) mass is 437 g/mol. The van der Waals surface area contributed by atoms with Gasteiger partial charge in [-0.25, -0.2) is 4.79 Å². The molecule has 1 aromatic carbocycles. The zero-order chi connectivity index (χ0) is 21.4. The molecule has 1 saturated carbocycles. The molecule has 1 aromatic heterocycles. The Hall–Kier alpha value is -1.86. The van der Waals surface area contributed by atoms with E-state index in [4.69, 9.17) is 4.74 Å². The van der Waals surface area contributed by atoms with Crippen molar-refractivity contribution in [2.75, 3.05) is 6.54 Å². The van der Waals surface area contributed by atoms with E-state index in [2.05, 4.69) is 0 Å². The van der Waals surface area contributed by atoms with Gasteiger partial charge < -0.3 is 4.74 Å². The zero-order valence-electron chi connectivity index (χ0n) is 17.0. The fourth-order valence-corrected chi connectivity index (χ4v) is 5.58. The lowest BCUT2D eigenvalue weighted by atomic mass is 9.96. The molecule has 1 aliphatic carbocycles. The summed E-state index contributed by atoms with van der Waals surface area (Å²) in [5.74, 6) is -0.434. The summed E-state index contributed by atoms with van der Waals surface area (Å²) in [6.45, 7) is 3.16. The molecule has 0 N–H and O–H groups in total. The van der Waals surface area contributed by atoms with Crippen LogP contribution in [0.5, 0.6) is 0 Å². The predicted octanol–water partition coefficient (Wildman–Crippen LogP) is 6.13. The minimum Gasteiger partial charge on any atom is -0.458 e. The molecule has 0 bridgehead atoms. The molecule has 1 fully saturated rings. The Labute approximate surface area is 178 Å². The van der Waals surface area contributed by atoms with Gasteiger partial charge in [-0.1, -0.05) is 19.1 Å². The van der Waals surface area contributed by atoms with Crippen LogP contribution in [0, 0.1) is 0 Å². The summed E-state index contributed by atoms with van der Waals surface area (Å²) in [4.78, 5) is 16.7. The van der Waals surface area contributed by atoms with Crippen molar-refractivity contribution in [1.29, 1.82) is 0 Å². The van der Waals surface area contributed by atoms with E-state index in [1.54, 1.807) is 17.4 Å². The van der Waals surface area contributed by atoms with Crippen LogP contribution in [0.15, 0.2) is 35.7 Å². The summed E-state index contributed by atoms with van der Waals surface area (Å²) in [7, 11) is 0. The van der Waals surface area contributed by atoms with Gasteiger partial charge >= 0.3 is 12.1 Å². The van der Waals surface area contributed by atoms with Crippen LogP contribution in [0.3, 0.4) is 0 Å². The Kier molecular flexibility index (Phi) is 5.95. The zero-order valence-corrected chi connectivity index (χ0v) is 17.8. The molecule has 0 radical (unpaired) electrons. The van der Waals surface area contributed by atoms with E-state index >= 15 is 0 Å². The van der Waals surface area contributed by atoms with Gasteiger partial charge in [0.05, 0.1) is 5.56 Å². The number of fused-ring (bicyclic) bond motifs is 1. The molecule has 162 valence electrons. The van der Waals surface area contributed by atoms with Crippen molar-refractivity contribution in [1.82, 2.24) is 4.90 Å². The molecule has 0 saturated heterocycles. The highest BCUT2D eigenvalue weighted by molar-refractivity contribution is 7.10. The molecule has 2 aromatic rings. The standard InChI is InChI=1S/C23H26F3NO2S/c1-2-22(10-3-4-11-22)29-21(28)20(16-6-5-7-18(14-16)23(24,25)26)27-12-8-19-17(15-27)9-13-30-19/h5-7,9,13-14,20H,2-4,8,10-12,15H2,1H3. The third-order valence-electron chi connectivity index (χ3n) is 6.43. The summed E-state index contributed by atoms with van der Waals surface area (Å²) < 4.78 is 46.1. The first-order valence-electron chi connectivity index (χ1n) is 10.5. The highest BCUT2D eigenvalue weighted by Gasteiger charge is 2.41. The van der Waals surface area contributed by atoms with Crippen molar-refractivity contribution in [3.63, 3.8) is 0 Å². The van der Waals surface area contributed by atoms with E-state index in [1.807, 2.05) is 23.3 Å². The van der Waals surface area contributed by atoms with Gasteiger partial charge in [-0.15, -0.1) is 11.3 Å². The first kappa shape index (κ1) is 21.4. The average Bonchev–Trinajstić information content (AvgIpc) is 3.37. The molecule has 1 unspecified atom stereocenters. The van der Waals surface area contributed by atoms with Gasteiger partial charge in [0.1, 0.15) is 11.6 Å². The second-order valence-electron chi connectivity index (χ2n) is 8.28. The highest BCUT2D eigenvalue weighted by atomic mass is 32.1. The number of carbonyl (C=O) groups excluding carboxylic acids is 1. The average molecular weight is 438 g/mol. The molecule has 0 spiro atoms. The predicted molar refractivity (Wildman–Crippen MR) is 110 cm³/mol. The maximum Gasteiger partial charge on any atom is 0.416 e. The number of benzene rings is 1. The van der Waals surface area contributed by atoms with Crippen LogP contribution in [-0.4, -0.2) is 23.0 Å². The molecule has 2 heterocycles. The topological polar surface area (TPSA) is 29.5 Å². The lowest BCUT2D eigenvalue weighted by Gasteiger charge is -2.36. The first-order valence-corrected chi connectivity index (χ1v) is 11.4. The molecular weight excluding hydrogens is 411 g/mol. The summed E-state index contributed by atoms with van der Waals surface area (Å²) in [6, 6.07) is 6.32. The Morgan fingerprint density at radius 2 is 2.03 bits per heavy atom. The van der Waals surface area contributed by atoms with Crippen LogP contribution in [0.1, 0.15) is 66.6 Å². The summed E-state index contributed by atoms with van der Waals surface area (Å²) >= 11 is 1.69. The Morgan fingerprint density at radius 3 is 2.73 bits per heavy atom. The maximum atomic E-state index is 13.4. The SMILES string of the molecule is CCC1(OC(=O)C(c2cccc(C(F)(F)F)c2)N2CCc3sccc3C2)CCCC1. The number of ether oxygens (including phenoxy) is 1. The van der Waals surface area contributed by atoms with E-state index in [0.29, 0.717) is 18.7 Å². The van der Waals surface area contributed by atoms with Crippen molar-refractivity contribution >= 4 is 17.3 Å². The first-order chi connectivity index (χ1) is 14.3. The van der Waals surface area contributed by atoms with E-state index in [0.717, 1.165) is 56.2 Å². The number of hydrogen-bond donors (Lipinski definition) is 0. The molecule has 2 aliphatic rings. The smallest absolute Gasteiger partial charge is 0.416 e. The summed E-state index contributed by atoms with van der Waals surface area (Å²) in [6.07, 6.45) is 0.716. The van der Waals surface area contributed by atoms with Crippen molar-refractivity contribution in [2.45, 2.75) is 69.8 Å². The molecule has 30 heavy (non-hydrogen) atoms. The van der Waals surface area contributed by atoms with E-state index in [1.165, 1.54) is 10.9 Å². The van der Waals surface area contributed by atoms with Crippen LogP contribution in [0.4, 0.5) is 13.2 Å². The fraction of sp³-hybridized carbons (Fsp3) is 0.522. The number of esters is 1. The van der Waals surface area contributed by atoms with Crippen LogP contribution in [0.2, 0.25) is 0 Å². The molecule has 3 nitrogen and oxygen atoms in total. The van der Waals surface area contributed by atoms with Gasteiger partial charge in [-0.05, 0) is 73.2 Å². The number of carbonyl (C=O) groups is 1. The second kappa shape index (κ2) is 8.35. The third-order valence-corrected chi connectivity index (χ3v) is 7.45. The lowest BCUT2D eigenvalue weighted by molar-refractivity contribution is -0.167. The van der Waals surface area contributed by atoms with Gasteiger partial charge in [-0.2, -0.15) is 13.2 Å². The Balaban J connectivity index is 1.67. The quantitative estimate of drug-likeness (QED) is 0.527. The minimum atomic E-state index is -4.46. The fourth-order valence-electron chi connectivity index (χ4n) is 4.69. The minimum absolute atomic E-state index is 0.345. The van der Waals surface area contributed by atoms with E-state index in [-0.39, 0.29) is 0 Å². The summed E-state index contributed by atoms with van der Waals surface area (Å²) in [5, 5.41) is 2.02. The maximum absolute atomic E-state index is 13.4. The van der Waals surface area contributed by atoms with Crippen LogP contribution in [0.25, 0.3) is 0 Å². The van der Waals surface area contributed by atoms with Gasteiger partial charge in [0.15, 0.2) is 0 Å². The van der Waals surface area contributed by atoms with E-state index in [9.17, 15) is 18.0 Å². The van der Waals surface area contributed by atoms with Gasteiger partial charge in [-0.3, -0.25) is 4.90 Å². The number of hydrogen-bond acceptors (Lipinski definition) is 4. The van der Waals surface area contributed by atoms with Gasteiger partial charge in [0, 0.05) is 18.0 Å².